The molecule has 6 heteroatoms. The second-order valence-corrected chi connectivity index (χ2v) is 8.65. The van der Waals surface area contributed by atoms with Crippen molar-refractivity contribution in [2.75, 3.05) is 6.54 Å². The van der Waals surface area contributed by atoms with E-state index in [1.165, 1.54) is 0 Å². The Balaban J connectivity index is 1.78. The zero-order chi connectivity index (χ0) is 20.3. The molecule has 0 bridgehead atoms. The summed E-state index contributed by atoms with van der Waals surface area (Å²) in [5.41, 5.74) is 2.14. The summed E-state index contributed by atoms with van der Waals surface area (Å²) < 4.78 is 5.42. The van der Waals surface area contributed by atoms with Gasteiger partial charge in [0.1, 0.15) is 11.5 Å². The third-order valence-corrected chi connectivity index (χ3v) is 5.48. The van der Waals surface area contributed by atoms with Gasteiger partial charge < -0.3 is 9.63 Å². The van der Waals surface area contributed by atoms with Gasteiger partial charge in [-0.3, -0.25) is 14.6 Å². The van der Waals surface area contributed by atoms with Crippen LogP contribution in [0.3, 0.4) is 0 Å². The molecular weight excluding hydrogens is 356 g/mol. The van der Waals surface area contributed by atoms with Crippen LogP contribution in [0.25, 0.3) is 0 Å². The molecule has 0 aliphatic heterocycles. The standard InChI is InChI=1S/C22H30N2O4/c1-4-5-11-23-14-7-6-8-16(25)20(14)17(26)10-9-15-21-18(27)12-22(2,3)13-19(21)28-24-15/h26H,4-13H2,1-3H3/b20-17+,23-14?. The Morgan fingerprint density at radius 2 is 2.00 bits per heavy atom. The predicted octanol–water partition coefficient (Wildman–Crippen LogP) is 4.57. The van der Waals surface area contributed by atoms with Crippen LogP contribution in [0.1, 0.15) is 87.5 Å². The Kier molecular flexibility index (Phi) is 6.16. The minimum atomic E-state index is -0.122. The van der Waals surface area contributed by atoms with Crippen LogP contribution in [0.15, 0.2) is 20.8 Å². The molecule has 0 radical (unpaired) electrons. The number of ketones is 2. The highest BCUT2D eigenvalue weighted by Crippen LogP contribution is 2.36. The third-order valence-electron chi connectivity index (χ3n) is 5.48. The van der Waals surface area contributed by atoms with E-state index in [1.54, 1.807) is 0 Å². The molecular formula is C22H30N2O4. The molecule has 1 saturated carbocycles. The first-order chi connectivity index (χ1) is 13.3. The molecule has 1 N–H and O–H groups in total. The molecule has 0 amide bonds. The molecule has 0 atom stereocenters. The molecule has 0 aromatic carbocycles. The number of unbranched alkanes of at least 4 members (excludes halogenated alkanes) is 1. The Bertz CT molecular complexity index is 830. The van der Waals surface area contributed by atoms with Gasteiger partial charge in [0.2, 0.25) is 0 Å². The number of aliphatic imine (C=N–C) groups is 1. The lowest BCUT2D eigenvalue weighted by molar-refractivity contribution is -0.115. The highest BCUT2D eigenvalue weighted by atomic mass is 16.5. The van der Waals surface area contributed by atoms with Crippen molar-refractivity contribution in [1.82, 2.24) is 5.16 Å². The number of carbonyl (C=O) groups is 2. The van der Waals surface area contributed by atoms with Crippen molar-refractivity contribution >= 4 is 17.3 Å². The van der Waals surface area contributed by atoms with E-state index in [-0.39, 0.29) is 29.2 Å². The minimum Gasteiger partial charge on any atom is -0.511 e. The van der Waals surface area contributed by atoms with Crippen LogP contribution in [0.4, 0.5) is 0 Å². The molecule has 1 aromatic heterocycles. The summed E-state index contributed by atoms with van der Waals surface area (Å²) in [7, 11) is 0. The smallest absolute Gasteiger partial charge is 0.168 e. The first-order valence-corrected chi connectivity index (χ1v) is 10.3. The number of hydrogen-bond donors (Lipinski definition) is 1. The zero-order valence-corrected chi connectivity index (χ0v) is 17.1. The summed E-state index contributed by atoms with van der Waals surface area (Å²) in [6, 6.07) is 0. The number of aryl methyl sites for hydroxylation is 1. The van der Waals surface area contributed by atoms with E-state index >= 15 is 0 Å². The molecule has 2 aliphatic rings. The van der Waals surface area contributed by atoms with Crippen molar-refractivity contribution in [2.24, 2.45) is 10.4 Å². The van der Waals surface area contributed by atoms with Gasteiger partial charge in [-0.1, -0.05) is 32.3 Å². The molecule has 0 saturated heterocycles. The fourth-order valence-electron chi connectivity index (χ4n) is 4.04. The van der Waals surface area contributed by atoms with Crippen molar-refractivity contribution in [3.8, 4) is 0 Å². The van der Waals surface area contributed by atoms with Crippen LogP contribution in [0, 0.1) is 5.41 Å². The number of aliphatic hydroxyl groups excluding tert-OH is 1. The quantitative estimate of drug-likeness (QED) is 0.439. The highest BCUT2D eigenvalue weighted by Gasteiger charge is 2.36. The Labute approximate surface area is 166 Å². The second-order valence-electron chi connectivity index (χ2n) is 8.65. The topological polar surface area (TPSA) is 92.8 Å². The number of aliphatic hydroxyl groups is 1. The monoisotopic (exact) mass is 386 g/mol. The van der Waals surface area contributed by atoms with Crippen molar-refractivity contribution in [3.05, 3.63) is 28.3 Å². The number of fused-ring (bicyclic) bond motifs is 1. The van der Waals surface area contributed by atoms with Crippen LogP contribution < -0.4 is 0 Å². The molecule has 0 unspecified atom stereocenters. The van der Waals surface area contributed by atoms with Gasteiger partial charge in [-0.2, -0.15) is 0 Å². The first-order valence-electron chi connectivity index (χ1n) is 10.3. The lowest BCUT2D eigenvalue weighted by Crippen LogP contribution is -2.26. The summed E-state index contributed by atoms with van der Waals surface area (Å²) >= 11 is 0. The maximum absolute atomic E-state index is 12.5. The zero-order valence-electron chi connectivity index (χ0n) is 17.1. The van der Waals surface area contributed by atoms with Gasteiger partial charge in [0.15, 0.2) is 11.6 Å². The van der Waals surface area contributed by atoms with Gasteiger partial charge in [0, 0.05) is 44.4 Å². The summed E-state index contributed by atoms with van der Waals surface area (Å²) in [5, 5.41) is 14.7. The number of hydrogen-bond acceptors (Lipinski definition) is 6. The fourth-order valence-corrected chi connectivity index (χ4v) is 4.04. The highest BCUT2D eigenvalue weighted by molar-refractivity contribution is 6.24. The van der Waals surface area contributed by atoms with E-state index in [2.05, 4.69) is 17.1 Å². The lowest BCUT2D eigenvalue weighted by Gasteiger charge is -2.26. The van der Waals surface area contributed by atoms with Gasteiger partial charge in [0.05, 0.1) is 16.8 Å². The molecule has 1 fully saturated rings. The second kappa shape index (κ2) is 8.41. The number of carbonyl (C=O) groups excluding carboxylic acids is 2. The predicted molar refractivity (Wildman–Crippen MR) is 107 cm³/mol. The van der Waals surface area contributed by atoms with Crippen LogP contribution in [-0.4, -0.2) is 34.1 Å². The largest absolute Gasteiger partial charge is 0.511 e. The van der Waals surface area contributed by atoms with E-state index < -0.39 is 0 Å². The molecule has 152 valence electrons. The molecule has 3 rings (SSSR count). The number of rotatable bonds is 6. The van der Waals surface area contributed by atoms with Crippen molar-refractivity contribution in [3.63, 3.8) is 0 Å². The maximum atomic E-state index is 12.5. The summed E-state index contributed by atoms with van der Waals surface area (Å²) in [4.78, 5) is 29.5. The maximum Gasteiger partial charge on any atom is 0.168 e. The Morgan fingerprint density at radius 1 is 1.21 bits per heavy atom. The Morgan fingerprint density at radius 3 is 2.75 bits per heavy atom. The number of aromatic nitrogens is 1. The van der Waals surface area contributed by atoms with Gasteiger partial charge in [0.25, 0.3) is 0 Å². The number of nitrogens with zero attached hydrogens (tertiary/aromatic N) is 2. The normalized spacial score (nSPS) is 22.5. The van der Waals surface area contributed by atoms with E-state index in [4.69, 9.17) is 4.52 Å². The van der Waals surface area contributed by atoms with E-state index in [0.29, 0.717) is 54.8 Å². The SMILES string of the molecule is CCCCN=C1CCCC(=O)/C1=C(/O)CCc1noc2c1C(=O)CC(C)(C)C2. The van der Waals surface area contributed by atoms with Crippen LogP contribution >= 0.6 is 0 Å². The average molecular weight is 386 g/mol. The number of Topliss-reactive ketones (excluding diaryl/α,β-unsaturated/α-hetero) is 2. The molecule has 2 aliphatic carbocycles. The average Bonchev–Trinajstić information content (AvgIpc) is 3.02. The van der Waals surface area contributed by atoms with E-state index in [0.717, 1.165) is 31.4 Å². The fraction of sp³-hybridized carbons (Fsp3) is 0.636. The summed E-state index contributed by atoms with van der Waals surface area (Å²) in [6.45, 7) is 6.86. The third kappa shape index (κ3) is 4.42. The lowest BCUT2D eigenvalue weighted by atomic mass is 9.76. The van der Waals surface area contributed by atoms with E-state index in [9.17, 15) is 14.7 Å². The van der Waals surface area contributed by atoms with Crippen LogP contribution in [0.5, 0.6) is 0 Å². The summed E-state index contributed by atoms with van der Waals surface area (Å²) in [5.74, 6) is 0.698. The van der Waals surface area contributed by atoms with Crippen LogP contribution in [0.2, 0.25) is 0 Å². The molecule has 1 heterocycles. The molecule has 0 spiro atoms. The first kappa shape index (κ1) is 20.5. The Hall–Kier alpha value is -2.24. The van der Waals surface area contributed by atoms with Crippen molar-refractivity contribution in [1.29, 1.82) is 0 Å². The van der Waals surface area contributed by atoms with Gasteiger partial charge in [-0.25, -0.2) is 0 Å². The molecule has 28 heavy (non-hydrogen) atoms. The van der Waals surface area contributed by atoms with Gasteiger partial charge in [-0.05, 0) is 24.7 Å². The van der Waals surface area contributed by atoms with Gasteiger partial charge >= 0.3 is 0 Å². The minimum absolute atomic E-state index is 0.0426. The van der Waals surface area contributed by atoms with Crippen LogP contribution in [-0.2, 0) is 17.6 Å². The number of allylic oxidation sites excluding steroid dienone is 2. The van der Waals surface area contributed by atoms with Crippen molar-refractivity contribution < 1.29 is 19.2 Å². The summed E-state index contributed by atoms with van der Waals surface area (Å²) in [6.07, 6.45) is 5.73. The molecule has 6 nitrogen and oxygen atoms in total. The van der Waals surface area contributed by atoms with E-state index in [1.807, 2.05) is 13.8 Å². The van der Waals surface area contributed by atoms with Crippen molar-refractivity contribution in [2.45, 2.75) is 78.6 Å². The molecule has 1 aromatic rings. The van der Waals surface area contributed by atoms with Gasteiger partial charge in [-0.15, -0.1) is 0 Å².